The van der Waals surface area contributed by atoms with Gasteiger partial charge in [-0.05, 0) is 97.7 Å². The van der Waals surface area contributed by atoms with Crippen molar-refractivity contribution in [3.05, 3.63) is 29.3 Å². The Morgan fingerprint density at radius 3 is 2.48 bits per heavy atom. The number of aromatic hydroxyl groups is 1. The van der Waals surface area contributed by atoms with Crippen molar-refractivity contribution >= 4 is 8.07 Å². The second-order valence-electron chi connectivity index (χ2n) is 10.2. The first-order chi connectivity index (χ1) is 13.8. The topological polar surface area (TPSA) is 40.5 Å². The van der Waals surface area contributed by atoms with Crippen molar-refractivity contribution in [2.45, 2.75) is 95.9 Å². The van der Waals surface area contributed by atoms with Crippen LogP contribution in [0, 0.1) is 28.7 Å². The maximum atomic E-state index is 11.8. The van der Waals surface area contributed by atoms with Crippen LogP contribution in [-0.4, -0.2) is 23.9 Å². The van der Waals surface area contributed by atoms with Crippen LogP contribution in [0.5, 0.6) is 5.75 Å². The number of rotatable bonds is 3. The second kappa shape index (κ2) is 7.47. The molecule has 1 aromatic rings. The first kappa shape index (κ1) is 21.0. The van der Waals surface area contributed by atoms with E-state index in [9.17, 15) is 10.2 Å². The standard InChI is InChI=1S/C26H38O2Si/c1-5-29(6-2,7-3)17-16-26(28)15-13-24-23-10-8-19-18-20(27)9-11-21(19)22(23)12-14-25(24,26)4/h9,11,18,22-24,27-28H,5-8,10,12-15H2,1-4H3/t22-,23-,24+,25+,26-/m1/s1. The van der Waals surface area contributed by atoms with Crippen LogP contribution < -0.4 is 0 Å². The highest BCUT2D eigenvalue weighted by atomic mass is 28.3. The highest BCUT2D eigenvalue weighted by Crippen LogP contribution is 2.64. The van der Waals surface area contributed by atoms with E-state index in [4.69, 9.17) is 0 Å². The molecule has 2 nitrogen and oxygen atoms in total. The fourth-order valence-corrected chi connectivity index (χ4v) is 9.54. The third-order valence-corrected chi connectivity index (χ3v) is 14.1. The van der Waals surface area contributed by atoms with Crippen molar-refractivity contribution in [2.24, 2.45) is 17.3 Å². The molecule has 0 radical (unpaired) electrons. The summed E-state index contributed by atoms with van der Waals surface area (Å²) in [5.41, 5.74) is 5.64. The Morgan fingerprint density at radius 2 is 1.79 bits per heavy atom. The van der Waals surface area contributed by atoms with E-state index < -0.39 is 13.7 Å². The maximum Gasteiger partial charge on any atom is 0.137 e. The minimum Gasteiger partial charge on any atom is -0.508 e. The SMILES string of the molecule is CC[Si](C#C[C@]1(O)CC[C@H]2[C@@H]3CCc4cc(O)ccc4[C@H]3CC[C@@]21C)(CC)CC. The Hall–Kier alpha value is -1.24. The van der Waals surface area contributed by atoms with Crippen LogP contribution in [0.1, 0.15) is 76.8 Å². The van der Waals surface area contributed by atoms with Gasteiger partial charge in [0.1, 0.15) is 19.4 Å². The number of fused-ring (bicyclic) bond motifs is 5. The largest absolute Gasteiger partial charge is 0.508 e. The maximum absolute atomic E-state index is 11.8. The average Bonchev–Trinajstić information content (AvgIpc) is 3.00. The van der Waals surface area contributed by atoms with Crippen LogP contribution in [0.25, 0.3) is 0 Å². The minimum absolute atomic E-state index is 0.0784. The smallest absolute Gasteiger partial charge is 0.137 e. The summed E-state index contributed by atoms with van der Waals surface area (Å²) in [5, 5.41) is 21.7. The van der Waals surface area contributed by atoms with Crippen LogP contribution in [0.3, 0.4) is 0 Å². The van der Waals surface area contributed by atoms with Crippen molar-refractivity contribution in [3.63, 3.8) is 0 Å². The molecule has 0 spiro atoms. The van der Waals surface area contributed by atoms with Gasteiger partial charge in [0.25, 0.3) is 0 Å². The quantitative estimate of drug-likeness (QED) is 0.472. The van der Waals surface area contributed by atoms with Crippen molar-refractivity contribution in [1.29, 1.82) is 0 Å². The minimum atomic E-state index is -1.55. The molecule has 3 heteroatoms. The molecule has 0 aromatic heterocycles. The van der Waals surface area contributed by atoms with E-state index in [0.717, 1.165) is 32.1 Å². The Bertz CT molecular complexity index is 825. The van der Waals surface area contributed by atoms with Gasteiger partial charge in [0.15, 0.2) is 0 Å². The van der Waals surface area contributed by atoms with Gasteiger partial charge in [-0.25, -0.2) is 0 Å². The predicted octanol–water partition coefficient (Wildman–Crippen LogP) is 6.03. The molecule has 0 heterocycles. The lowest BCUT2D eigenvalue weighted by Crippen LogP contribution is -2.50. The van der Waals surface area contributed by atoms with Gasteiger partial charge in [0.2, 0.25) is 0 Å². The van der Waals surface area contributed by atoms with Gasteiger partial charge in [-0.15, -0.1) is 5.54 Å². The summed E-state index contributed by atoms with van der Waals surface area (Å²) in [6, 6.07) is 9.57. The number of phenols is 1. The van der Waals surface area contributed by atoms with Crippen LogP contribution in [0.15, 0.2) is 18.2 Å². The van der Waals surface area contributed by atoms with Gasteiger partial charge in [-0.3, -0.25) is 0 Å². The molecule has 3 aliphatic rings. The Morgan fingerprint density at radius 1 is 1.07 bits per heavy atom. The number of hydrogen-bond acceptors (Lipinski definition) is 2. The van der Waals surface area contributed by atoms with Gasteiger partial charge in [-0.2, -0.15) is 0 Å². The predicted molar refractivity (Wildman–Crippen MR) is 123 cm³/mol. The Labute approximate surface area is 178 Å². The van der Waals surface area contributed by atoms with Gasteiger partial charge in [0, 0.05) is 5.41 Å². The number of aliphatic hydroxyl groups is 1. The van der Waals surface area contributed by atoms with E-state index in [1.165, 1.54) is 35.7 Å². The Kier molecular flexibility index (Phi) is 5.41. The third-order valence-electron chi connectivity index (χ3n) is 9.43. The molecule has 0 bridgehead atoms. The molecule has 2 saturated carbocycles. The fraction of sp³-hybridized carbons (Fsp3) is 0.692. The molecule has 2 fully saturated rings. The van der Waals surface area contributed by atoms with E-state index in [1.54, 1.807) is 0 Å². The van der Waals surface area contributed by atoms with Crippen LogP contribution in [0.4, 0.5) is 0 Å². The molecule has 0 aliphatic heterocycles. The monoisotopic (exact) mass is 410 g/mol. The van der Waals surface area contributed by atoms with Gasteiger partial charge < -0.3 is 10.2 Å². The second-order valence-corrected chi connectivity index (χ2v) is 15.2. The highest BCUT2D eigenvalue weighted by molar-refractivity contribution is 6.87. The molecule has 3 aliphatic carbocycles. The number of benzene rings is 1. The zero-order valence-corrected chi connectivity index (χ0v) is 19.7. The molecule has 0 amide bonds. The molecule has 4 rings (SSSR count). The molecule has 1 aromatic carbocycles. The zero-order valence-electron chi connectivity index (χ0n) is 18.7. The lowest BCUT2D eigenvalue weighted by atomic mass is 9.53. The first-order valence-electron chi connectivity index (χ1n) is 11.9. The Balaban J connectivity index is 1.64. The zero-order chi connectivity index (χ0) is 20.9. The number of aryl methyl sites for hydroxylation is 1. The molecule has 0 unspecified atom stereocenters. The first-order valence-corrected chi connectivity index (χ1v) is 14.5. The third kappa shape index (κ3) is 3.18. The molecule has 29 heavy (non-hydrogen) atoms. The summed E-state index contributed by atoms with van der Waals surface area (Å²) in [7, 11) is -1.55. The summed E-state index contributed by atoms with van der Waals surface area (Å²) in [4.78, 5) is 0. The van der Waals surface area contributed by atoms with Crippen molar-refractivity contribution in [3.8, 4) is 17.2 Å². The normalized spacial score (nSPS) is 35.8. The fourth-order valence-electron chi connectivity index (χ4n) is 7.04. The summed E-state index contributed by atoms with van der Waals surface area (Å²) in [5.74, 6) is 5.73. The number of hydrogen-bond donors (Lipinski definition) is 2. The van der Waals surface area contributed by atoms with Gasteiger partial charge in [0.05, 0.1) is 0 Å². The van der Waals surface area contributed by atoms with E-state index >= 15 is 0 Å². The van der Waals surface area contributed by atoms with Crippen molar-refractivity contribution in [2.75, 3.05) is 0 Å². The van der Waals surface area contributed by atoms with Gasteiger partial charge >= 0.3 is 0 Å². The lowest BCUT2D eigenvalue weighted by molar-refractivity contribution is -0.0647. The molecular weight excluding hydrogens is 372 g/mol. The van der Waals surface area contributed by atoms with Crippen LogP contribution in [0.2, 0.25) is 18.1 Å². The van der Waals surface area contributed by atoms with E-state index in [-0.39, 0.29) is 5.41 Å². The van der Waals surface area contributed by atoms with E-state index in [2.05, 4.69) is 45.2 Å². The summed E-state index contributed by atoms with van der Waals surface area (Å²) >= 11 is 0. The average molecular weight is 411 g/mol. The molecule has 0 saturated heterocycles. The lowest BCUT2D eigenvalue weighted by Gasteiger charge is -2.52. The van der Waals surface area contributed by atoms with Crippen LogP contribution >= 0.6 is 0 Å². The van der Waals surface area contributed by atoms with Crippen molar-refractivity contribution < 1.29 is 10.2 Å². The highest BCUT2D eigenvalue weighted by Gasteiger charge is 2.61. The van der Waals surface area contributed by atoms with E-state index in [1.807, 2.05) is 12.1 Å². The molecule has 5 atom stereocenters. The summed E-state index contributed by atoms with van der Waals surface area (Å²) < 4.78 is 0. The number of phenolic OH excluding ortho intramolecular Hbond substituents is 1. The van der Waals surface area contributed by atoms with Crippen LogP contribution in [-0.2, 0) is 6.42 Å². The molecular formula is C26H38O2Si. The van der Waals surface area contributed by atoms with Crippen molar-refractivity contribution in [1.82, 2.24) is 0 Å². The molecule has 2 N–H and O–H groups in total. The van der Waals surface area contributed by atoms with Gasteiger partial charge in [-0.1, -0.05) is 39.7 Å². The summed E-state index contributed by atoms with van der Waals surface area (Å²) in [6.45, 7) is 9.22. The molecule has 158 valence electrons. The van der Waals surface area contributed by atoms with E-state index in [0.29, 0.717) is 23.5 Å². The summed E-state index contributed by atoms with van der Waals surface area (Å²) in [6.07, 6.45) is 6.38.